The van der Waals surface area contributed by atoms with Gasteiger partial charge in [-0.25, -0.2) is 4.98 Å². The molecule has 0 aliphatic rings. The summed E-state index contributed by atoms with van der Waals surface area (Å²) in [5, 5.41) is 12.5. The molecule has 0 aliphatic heterocycles. The molecule has 0 saturated carbocycles. The average Bonchev–Trinajstić information content (AvgIpc) is 2.97. The highest BCUT2D eigenvalue weighted by Gasteiger charge is 2.15. The highest BCUT2D eigenvalue weighted by molar-refractivity contribution is 5.78. The van der Waals surface area contributed by atoms with Crippen LogP contribution in [0.25, 0.3) is 16.8 Å². The number of hydrogen-bond acceptors (Lipinski definition) is 5. The Labute approximate surface area is 110 Å². The third-order valence-corrected chi connectivity index (χ3v) is 3.10. The lowest BCUT2D eigenvalue weighted by atomic mass is 10.1. The number of aryl methyl sites for hydroxylation is 1. The number of fused-ring (bicyclic) bond motifs is 1. The molecule has 3 heterocycles. The molecular weight excluding hydrogens is 242 g/mol. The van der Waals surface area contributed by atoms with Crippen LogP contribution in [0.4, 0.5) is 5.95 Å². The fraction of sp³-hybridized carbons (Fsp3) is 0.333. The Morgan fingerprint density at radius 3 is 2.74 bits per heavy atom. The molecule has 98 valence electrons. The third-order valence-electron chi connectivity index (χ3n) is 3.10. The number of rotatable bonds is 2. The van der Waals surface area contributed by atoms with Crippen molar-refractivity contribution in [2.45, 2.75) is 26.8 Å². The van der Waals surface area contributed by atoms with Gasteiger partial charge in [-0.15, -0.1) is 10.2 Å². The molecule has 3 aromatic heterocycles. The Morgan fingerprint density at radius 2 is 2.05 bits per heavy atom. The molecule has 0 amide bonds. The van der Waals surface area contributed by atoms with E-state index in [1.54, 1.807) is 16.9 Å². The highest BCUT2D eigenvalue weighted by Crippen LogP contribution is 2.27. The predicted octanol–water partition coefficient (Wildman–Crippen LogP) is 1.46. The monoisotopic (exact) mass is 257 g/mol. The minimum Gasteiger partial charge on any atom is -0.369 e. The van der Waals surface area contributed by atoms with E-state index in [1.807, 2.05) is 17.8 Å². The summed E-state index contributed by atoms with van der Waals surface area (Å²) < 4.78 is 3.59. The van der Waals surface area contributed by atoms with Gasteiger partial charge in [-0.1, -0.05) is 0 Å². The van der Waals surface area contributed by atoms with Crippen molar-refractivity contribution in [3.05, 3.63) is 24.4 Å². The SMILES string of the molecule is Cc1nn(C(C)C)cc1-c1cnc(N)n2cnnc12. The lowest BCUT2D eigenvalue weighted by molar-refractivity contribution is 0.529. The largest absolute Gasteiger partial charge is 0.369 e. The van der Waals surface area contributed by atoms with Crippen LogP contribution in [-0.2, 0) is 0 Å². The molecule has 0 aliphatic carbocycles. The molecule has 3 rings (SSSR count). The van der Waals surface area contributed by atoms with Crippen molar-refractivity contribution in [3.63, 3.8) is 0 Å². The summed E-state index contributed by atoms with van der Waals surface area (Å²) in [7, 11) is 0. The Bertz CT molecular complexity index is 738. The van der Waals surface area contributed by atoms with E-state index < -0.39 is 0 Å². The van der Waals surface area contributed by atoms with Crippen LogP contribution >= 0.6 is 0 Å². The first-order chi connectivity index (χ1) is 9.08. The number of hydrogen-bond donors (Lipinski definition) is 1. The highest BCUT2D eigenvalue weighted by atomic mass is 15.3. The summed E-state index contributed by atoms with van der Waals surface area (Å²) in [5.74, 6) is 0.373. The van der Waals surface area contributed by atoms with Gasteiger partial charge in [0.1, 0.15) is 6.33 Å². The van der Waals surface area contributed by atoms with E-state index in [1.165, 1.54) is 0 Å². The summed E-state index contributed by atoms with van der Waals surface area (Å²) in [6, 6.07) is 0.308. The Morgan fingerprint density at radius 1 is 1.26 bits per heavy atom. The molecule has 0 fully saturated rings. The number of anilines is 1. The second kappa shape index (κ2) is 4.04. The quantitative estimate of drug-likeness (QED) is 0.751. The molecular formula is C12H15N7. The van der Waals surface area contributed by atoms with Crippen molar-refractivity contribution in [2.24, 2.45) is 0 Å². The molecule has 0 bridgehead atoms. The zero-order chi connectivity index (χ0) is 13.6. The van der Waals surface area contributed by atoms with E-state index >= 15 is 0 Å². The zero-order valence-electron chi connectivity index (χ0n) is 11.1. The molecule has 0 aromatic carbocycles. The summed E-state index contributed by atoms with van der Waals surface area (Å²) in [4.78, 5) is 4.17. The van der Waals surface area contributed by atoms with Gasteiger partial charge in [-0.05, 0) is 20.8 Å². The average molecular weight is 257 g/mol. The summed E-state index contributed by atoms with van der Waals surface area (Å²) in [5.41, 5.74) is 9.30. The van der Waals surface area contributed by atoms with Crippen molar-refractivity contribution < 1.29 is 0 Å². The molecule has 19 heavy (non-hydrogen) atoms. The first-order valence-electron chi connectivity index (χ1n) is 6.08. The van der Waals surface area contributed by atoms with Gasteiger partial charge in [0.25, 0.3) is 0 Å². The van der Waals surface area contributed by atoms with E-state index in [2.05, 4.69) is 34.1 Å². The number of nitrogen functional groups attached to an aromatic ring is 1. The molecule has 0 radical (unpaired) electrons. The van der Waals surface area contributed by atoms with Crippen molar-refractivity contribution in [3.8, 4) is 11.1 Å². The fourth-order valence-corrected chi connectivity index (χ4v) is 2.04. The number of nitrogens with zero attached hydrogens (tertiary/aromatic N) is 6. The fourth-order valence-electron chi connectivity index (χ4n) is 2.04. The lowest BCUT2D eigenvalue weighted by Gasteiger charge is -2.04. The molecule has 7 nitrogen and oxygen atoms in total. The second-order valence-corrected chi connectivity index (χ2v) is 4.76. The zero-order valence-corrected chi connectivity index (χ0v) is 11.1. The minimum atomic E-state index is 0.308. The molecule has 0 saturated heterocycles. The maximum atomic E-state index is 5.79. The lowest BCUT2D eigenvalue weighted by Crippen LogP contribution is -2.01. The van der Waals surface area contributed by atoms with Crippen LogP contribution in [0.15, 0.2) is 18.7 Å². The summed E-state index contributed by atoms with van der Waals surface area (Å²) in [6.07, 6.45) is 5.28. The first kappa shape index (κ1) is 11.6. The molecule has 2 N–H and O–H groups in total. The number of nitrogens with two attached hydrogens (primary N) is 1. The summed E-state index contributed by atoms with van der Waals surface area (Å²) >= 11 is 0. The molecule has 0 unspecified atom stereocenters. The molecule has 3 aromatic rings. The van der Waals surface area contributed by atoms with Crippen LogP contribution in [0, 0.1) is 6.92 Å². The van der Waals surface area contributed by atoms with E-state index in [4.69, 9.17) is 5.73 Å². The molecule has 0 spiro atoms. The van der Waals surface area contributed by atoms with Crippen LogP contribution < -0.4 is 5.73 Å². The Hall–Kier alpha value is -2.44. The normalized spacial score (nSPS) is 11.6. The number of aromatic nitrogens is 6. The van der Waals surface area contributed by atoms with Crippen molar-refractivity contribution in [1.29, 1.82) is 0 Å². The van der Waals surface area contributed by atoms with Crippen LogP contribution in [0.3, 0.4) is 0 Å². The Kier molecular flexibility index (Phi) is 2.48. The van der Waals surface area contributed by atoms with E-state index in [9.17, 15) is 0 Å². The first-order valence-corrected chi connectivity index (χ1v) is 6.08. The van der Waals surface area contributed by atoms with E-state index in [-0.39, 0.29) is 0 Å². The van der Waals surface area contributed by atoms with Crippen molar-refractivity contribution in [1.82, 2.24) is 29.4 Å². The van der Waals surface area contributed by atoms with Gasteiger partial charge in [0.05, 0.1) is 5.69 Å². The van der Waals surface area contributed by atoms with E-state index in [0.717, 1.165) is 16.8 Å². The minimum absolute atomic E-state index is 0.308. The molecule has 7 heteroatoms. The van der Waals surface area contributed by atoms with E-state index in [0.29, 0.717) is 17.6 Å². The van der Waals surface area contributed by atoms with Crippen molar-refractivity contribution in [2.75, 3.05) is 5.73 Å². The summed E-state index contributed by atoms with van der Waals surface area (Å²) in [6.45, 7) is 6.14. The van der Waals surface area contributed by atoms with Gasteiger partial charge in [0, 0.05) is 29.6 Å². The Balaban J connectivity index is 2.25. The topological polar surface area (TPSA) is 86.9 Å². The van der Waals surface area contributed by atoms with Crippen molar-refractivity contribution >= 4 is 11.6 Å². The van der Waals surface area contributed by atoms with Crippen LogP contribution in [0.2, 0.25) is 0 Å². The molecule has 0 atom stereocenters. The second-order valence-electron chi connectivity index (χ2n) is 4.76. The third kappa shape index (κ3) is 1.74. The predicted molar refractivity (Wildman–Crippen MR) is 71.5 cm³/mol. The smallest absolute Gasteiger partial charge is 0.207 e. The van der Waals surface area contributed by atoms with Gasteiger partial charge >= 0.3 is 0 Å². The van der Waals surface area contributed by atoms with Gasteiger partial charge in [-0.2, -0.15) is 5.10 Å². The van der Waals surface area contributed by atoms with Crippen LogP contribution in [0.1, 0.15) is 25.6 Å². The van der Waals surface area contributed by atoms with Gasteiger partial charge < -0.3 is 5.73 Å². The van der Waals surface area contributed by atoms with Gasteiger partial charge in [0.2, 0.25) is 5.95 Å². The maximum Gasteiger partial charge on any atom is 0.207 e. The standard InChI is InChI=1S/C12H15N7/c1-7(2)19-5-10(8(3)17-19)9-4-14-12(13)18-6-15-16-11(9)18/h4-7H,1-3H3,(H2,13,14). The van der Waals surface area contributed by atoms with Gasteiger partial charge in [0.15, 0.2) is 5.65 Å². The van der Waals surface area contributed by atoms with Crippen LogP contribution in [0.5, 0.6) is 0 Å². The van der Waals surface area contributed by atoms with Gasteiger partial charge in [-0.3, -0.25) is 9.08 Å². The van der Waals surface area contributed by atoms with Crippen LogP contribution in [-0.4, -0.2) is 29.4 Å². The maximum absolute atomic E-state index is 5.79.